The van der Waals surface area contributed by atoms with Crippen molar-refractivity contribution in [1.29, 1.82) is 0 Å². The van der Waals surface area contributed by atoms with E-state index in [1.807, 2.05) is 0 Å². The number of rotatable bonds is 5. The molecule has 1 saturated heterocycles. The van der Waals surface area contributed by atoms with Crippen LogP contribution in [0.15, 0.2) is 23.1 Å². The molecule has 1 atom stereocenters. The third kappa shape index (κ3) is 4.23. The summed E-state index contributed by atoms with van der Waals surface area (Å²) in [6, 6.07) is 4.73. The van der Waals surface area contributed by atoms with Gasteiger partial charge in [0.25, 0.3) is 0 Å². The van der Waals surface area contributed by atoms with Crippen LogP contribution < -0.4 is 14.8 Å². The minimum absolute atomic E-state index is 0. The highest BCUT2D eigenvalue weighted by Crippen LogP contribution is 2.26. The summed E-state index contributed by atoms with van der Waals surface area (Å²) in [6.45, 7) is 1.31. The summed E-state index contributed by atoms with van der Waals surface area (Å²) in [5.41, 5.74) is 0. The fraction of sp³-hybridized carbons (Fsp3) is 0.500. The molecule has 0 saturated carbocycles. The Morgan fingerprint density at radius 1 is 1.50 bits per heavy atom. The number of halogens is 2. The summed E-state index contributed by atoms with van der Waals surface area (Å²) in [6.07, 6.45) is 2.06. The summed E-state index contributed by atoms with van der Waals surface area (Å²) >= 11 is 5.85. The van der Waals surface area contributed by atoms with Gasteiger partial charge >= 0.3 is 0 Å². The Labute approximate surface area is 130 Å². The third-order valence-corrected chi connectivity index (χ3v) is 4.78. The first-order chi connectivity index (χ1) is 9.03. The summed E-state index contributed by atoms with van der Waals surface area (Å²) < 4.78 is 32.1. The molecule has 0 unspecified atom stereocenters. The van der Waals surface area contributed by atoms with Gasteiger partial charge in [-0.2, -0.15) is 0 Å². The second-order valence-electron chi connectivity index (χ2n) is 4.44. The maximum atomic E-state index is 12.2. The van der Waals surface area contributed by atoms with Crippen molar-refractivity contribution in [2.24, 2.45) is 0 Å². The van der Waals surface area contributed by atoms with Crippen molar-refractivity contribution in [3.63, 3.8) is 0 Å². The van der Waals surface area contributed by atoms with Crippen LogP contribution in [0, 0.1) is 0 Å². The molecule has 2 N–H and O–H groups in total. The largest absolute Gasteiger partial charge is 0.495 e. The van der Waals surface area contributed by atoms with Gasteiger partial charge in [0.2, 0.25) is 10.0 Å². The monoisotopic (exact) mass is 340 g/mol. The number of nitrogens with one attached hydrogen (secondary N) is 2. The van der Waals surface area contributed by atoms with Gasteiger partial charge in [0.05, 0.1) is 7.11 Å². The first-order valence-electron chi connectivity index (χ1n) is 6.09. The molecule has 0 bridgehead atoms. The Bertz CT molecular complexity index is 546. The van der Waals surface area contributed by atoms with E-state index < -0.39 is 10.0 Å². The fourth-order valence-electron chi connectivity index (χ4n) is 2.08. The van der Waals surface area contributed by atoms with Gasteiger partial charge in [0.15, 0.2) is 0 Å². The van der Waals surface area contributed by atoms with Crippen LogP contribution >= 0.6 is 24.0 Å². The molecular formula is C12H18Cl2N2O3S. The second-order valence-corrected chi connectivity index (χ2v) is 6.61. The van der Waals surface area contributed by atoms with Crippen molar-refractivity contribution in [2.45, 2.75) is 23.8 Å². The molecule has 1 fully saturated rings. The molecule has 0 spiro atoms. The Balaban J connectivity index is 0.00000200. The lowest BCUT2D eigenvalue weighted by Gasteiger charge is -2.14. The van der Waals surface area contributed by atoms with Gasteiger partial charge in [-0.25, -0.2) is 13.1 Å². The van der Waals surface area contributed by atoms with E-state index in [-0.39, 0.29) is 29.1 Å². The number of sulfonamides is 1. The Morgan fingerprint density at radius 3 is 2.85 bits per heavy atom. The van der Waals surface area contributed by atoms with Crippen LogP contribution in [-0.2, 0) is 10.0 Å². The van der Waals surface area contributed by atoms with E-state index in [4.69, 9.17) is 16.3 Å². The van der Waals surface area contributed by atoms with Crippen LogP contribution in [0.1, 0.15) is 12.8 Å². The normalized spacial score (nSPS) is 18.6. The van der Waals surface area contributed by atoms with E-state index in [0.717, 1.165) is 19.4 Å². The molecule has 5 nitrogen and oxygen atoms in total. The van der Waals surface area contributed by atoms with Crippen LogP contribution in [0.3, 0.4) is 0 Å². The predicted octanol–water partition coefficient (Wildman–Crippen LogP) is 1.80. The van der Waals surface area contributed by atoms with Gasteiger partial charge in [-0.15, -0.1) is 12.4 Å². The first kappa shape index (κ1) is 17.5. The highest BCUT2D eigenvalue weighted by Gasteiger charge is 2.22. The van der Waals surface area contributed by atoms with E-state index in [1.54, 1.807) is 12.1 Å². The van der Waals surface area contributed by atoms with Crippen LogP contribution in [0.2, 0.25) is 5.02 Å². The number of hydrogen-bond donors (Lipinski definition) is 2. The quantitative estimate of drug-likeness (QED) is 0.857. The molecule has 8 heteroatoms. The topological polar surface area (TPSA) is 67.4 Å². The lowest BCUT2D eigenvalue weighted by molar-refractivity contribution is 0.402. The van der Waals surface area contributed by atoms with Crippen LogP contribution in [-0.4, -0.2) is 34.7 Å². The van der Waals surface area contributed by atoms with Crippen molar-refractivity contribution >= 4 is 34.0 Å². The lowest BCUT2D eigenvalue weighted by atomic mass is 10.2. The molecule has 1 aromatic carbocycles. The molecule has 0 aromatic heterocycles. The van der Waals surface area contributed by atoms with Crippen molar-refractivity contribution in [3.8, 4) is 5.75 Å². The van der Waals surface area contributed by atoms with E-state index >= 15 is 0 Å². The molecule has 114 valence electrons. The molecule has 1 aliphatic rings. The Kier molecular flexibility index (Phi) is 6.54. The molecule has 1 aromatic rings. The van der Waals surface area contributed by atoms with E-state index in [0.29, 0.717) is 11.6 Å². The smallest absolute Gasteiger partial charge is 0.244 e. The highest BCUT2D eigenvalue weighted by atomic mass is 35.5. The lowest BCUT2D eigenvalue weighted by Crippen LogP contribution is -2.37. The number of ether oxygens (including phenoxy) is 1. The van der Waals surface area contributed by atoms with Crippen LogP contribution in [0.5, 0.6) is 5.75 Å². The molecule has 1 heterocycles. The SMILES string of the molecule is COc1ccc(Cl)cc1S(=O)(=O)NC[C@H]1CCCN1.Cl. The predicted molar refractivity (Wildman–Crippen MR) is 81.5 cm³/mol. The molecule has 2 rings (SSSR count). The zero-order valence-corrected chi connectivity index (χ0v) is 13.4. The zero-order chi connectivity index (χ0) is 13.9. The van der Waals surface area contributed by atoms with Gasteiger partial charge in [0, 0.05) is 17.6 Å². The van der Waals surface area contributed by atoms with Gasteiger partial charge in [-0.05, 0) is 37.6 Å². The summed E-state index contributed by atoms with van der Waals surface area (Å²) in [5, 5.41) is 3.60. The average Bonchev–Trinajstić information content (AvgIpc) is 2.89. The van der Waals surface area contributed by atoms with E-state index in [9.17, 15) is 8.42 Å². The standard InChI is InChI=1S/C12H17ClN2O3S.ClH/c1-18-11-5-4-9(13)7-12(11)19(16,17)15-8-10-3-2-6-14-10;/h4-5,7,10,14-15H,2-3,6,8H2,1H3;1H/t10-;/m1./s1. The molecule has 1 aliphatic heterocycles. The van der Waals surface area contributed by atoms with Gasteiger partial charge in [0.1, 0.15) is 10.6 Å². The number of methoxy groups -OCH3 is 1. The minimum atomic E-state index is -3.61. The zero-order valence-electron chi connectivity index (χ0n) is 11.1. The minimum Gasteiger partial charge on any atom is -0.495 e. The maximum absolute atomic E-state index is 12.2. The number of hydrogen-bond acceptors (Lipinski definition) is 4. The van der Waals surface area contributed by atoms with Crippen molar-refractivity contribution < 1.29 is 13.2 Å². The van der Waals surface area contributed by atoms with Crippen molar-refractivity contribution in [1.82, 2.24) is 10.0 Å². The average molecular weight is 341 g/mol. The molecule has 0 radical (unpaired) electrons. The molecule has 0 aliphatic carbocycles. The van der Waals surface area contributed by atoms with Gasteiger partial charge in [-0.3, -0.25) is 0 Å². The molecule has 0 amide bonds. The summed E-state index contributed by atoms with van der Waals surface area (Å²) in [5.74, 6) is 0.288. The van der Waals surface area contributed by atoms with Crippen molar-refractivity contribution in [3.05, 3.63) is 23.2 Å². The van der Waals surface area contributed by atoms with E-state index in [1.165, 1.54) is 13.2 Å². The van der Waals surface area contributed by atoms with E-state index in [2.05, 4.69) is 10.0 Å². The van der Waals surface area contributed by atoms with Crippen molar-refractivity contribution in [2.75, 3.05) is 20.2 Å². The van der Waals surface area contributed by atoms with Crippen LogP contribution in [0.25, 0.3) is 0 Å². The summed E-state index contributed by atoms with van der Waals surface area (Å²) in [7, 11) is -2.18. The third-order valence-electron chi connectivity index (χ3n) is 3.10. The molecule has 20 heavy (non-hydrogen) atoms. The Hall–Kier alpha value is -0.530. The van der Waals surface area contributed by atoms with Gasteiger partial charge in [-0.1, -0.05) is 11.6 Å². The summed E-state index contributed by atoms with van der Waals surface area (Å²) in [4.78, 5) is 0.0699. The second kappa shape index (κ2) is 7.47. The fourth-order valence-corrected chi connectivity index (χ4v) is 3.59. The van der Waals surface area contributed by atoms with Gasteiger partial charge < -0.3 is 10.1 Å². The van der Waals surface area contributed by atoms with Crippen LogP contribution in [0.4, 0.5) is 0 Å². The first-order valence-corrected chi connectivity index (χ1v) is 7.95. The highest BCUT2D eigenvalue weighted by molar-refractivity contribution is 7.89. The Morgan fingerprint density at radius 2 is 2.25 bits per heavy atom. The maximum Gasteiger partial charge on any atom is 0.244 e. The number of benzene rings is 1. The molecular weight excluding hydrogens is 323 g/mol.